The van der Waals surface area contributed by atoms with Gasteiger partial charge in [-0.1, -0.05) is 67.2 Å². The van der Waals surface area contributed by atoms with Gasteiger partial charge in [0.1, 0.15) is 6.10 Å². The molecule has 0 heterocycles. The van der Waals surface area contributed by atoms with Crippen molar-refractivity contribution in [3.63, 3.8) is 0 Å². The zero-order valence-electron chi connectivity index (χ0n) is 10.6. The lowest BCUT2D eigenvalue weighted by Gasteiger charge is -2.12. The fourth-order valence-electron chi connectivity index (χ4n) is 1.91. The van der Waals surface area contributed by atoms with E-state index in [-0.39, 0.29) is 12.2 Å². The highest BCUT2D eigenvalue weighted by Crippen LogP contribution is 2.19. The van der Waals surface area contributed by atoms with E-state index in [9.17, 15) is 9.90 Å². The van der Waals surface area contributed by atoms with Gasteiger partial charge in [0.15, 0.2) is 5.78 Å². The van der Waals surface area contributed by atoms with Gasteiger partial charge in [0.05, 0.1) is 0 Å². The van der Waals surface area contributed by atoms with E-state index in [0.29, 0.717) is 5.56 Å². The minimum Gasteiger partial charge on any atom is -0.385 e. The average Bonchev–Trinajstić information content (AvgIpc) is 2.48. The number of carbonyl (C=O) groups excluding carboxylic acids is 1. The van der Waals surface area contributed by atoms with Gasteiger partial charge in [0.2, 0.25) is 0 Å². The van der Waals surface area contributed by atoms with Crippen LogP contribution >= 0.6 is 0 Å². The zero-order chi connectivity index (χ0) is 13.7. The lowest BCUT2D eigenvalue weighted by molar-refractivity contribution is 0.0757. The molecule has 96 valence electrons. The molecular formula is C17H16O2. The molecule has 0 bridgehead atoms. The summed E-state index contributed by atoms with van der Waals surface area (Å²) in [6, 6.07) is 18.4. The lowest BCUT2D eigenvalue weighted by atomic mass is 9.97. The molecule has 0 saturated heterocycles. The first-order chi connectivity index (χ1) is 9.18. The summed E-state index contributed by atoms with van der Waals surface area (Å²) in [7, 11) is 0. The van der Waals surface area contributed by atoms with Crippen LogP contribution in [0.5, 0.6) is 0 Å². The van der Waals surface area contributed by atoms with Crippen molar-refractivity contribution >= 4 is 11.4 Å². The molecule has 0 fully saturated rings. The highest BCUT2D eigenvalue weighted by molar-refractivity contribution is 6.00. The highest BCUT2D eigenvalue weighted by Gasteiger charge is 2.18. The predicted molar refractivity (Wildman–Crippen MR) is 76.9 cm³/mol. The second-order valence-electron chi connectivity index (χ2n) is 4.42. The van der Waals surface area contributed by atoms with E-state index in [1.165, 1.54) is 0 Å². The van der Waals surface area contributed by atoms with Gasteiger partial charge >= 0.3 is 0 Å². The fourth-order valence-corrected chi connectivity index (χ4v) is 1.91. The first-order valence-electron chi connectivity index (χ1n) is 6.19. The second kappa shape index (κ2) is 6.12. The van der Waals surface area contributed by atoms with Crippen LogP contribution < -0.4 is 0 Å². The number of aliphatic hydroxyl groups is 1. The molecule has 1 unspecified atom stereocenters. The maximum atomic E-state index is 12.0. The van der Waals surface area contributed by atoms with E-state index in [2.05, 4.69) is 6.58 Å². The maximum absolute atomic E-state index is 12.0. The van der Waals surface area contributed by atoms with Crippen molar-refractivity contribution in [2.45, 2.75) is 12.5 Å². The summed E-state index contributed by atoms with van der Waals surface area (Å²) in [5, 5.41) is 9.99. The Labute approximate surface area is 113 Å². The van der Waals surface area contributed by atoms with Gasteiger partial charge in [0.25, 0.3) is 0 Å². The van der Waals surface area contributed by atoms with Crippen LogP contribution in [0.15, 0.2) is 67.2 Å². The number of aliphatic hydroxyl groups excluding tert-OH is 1. The van der Waals surface area contributed by atoms with E-state index in [4.69, 9.17) is 0 Å². The van der Waals surface area contributed by atoms with Gasteiger partial charge in [-0.05, 0) is 11.1 Å². The van der Waals surface area contributed by atoms with E-state index >= 15 is 0 Å². The molecule has 2 aromatic carbocycles. The van der Waals surface area contributed by atoms with Crippen molar-refractivity contribution in [3.05, 3.63) is 78.4 Å². The number of carbonyl (C=O) groups is 1. The van der Waals surface area contributed by atoms with Crippen LogP contribution in [-0.4, -0.2) is 17.0 Å². The number of hydrogen-bond donors (Lipinski definition) is 1. The Morgan fingerprint density at radius 1 is 0.947 bits per heavy atom. The van der Waals surface area contributed by atoms with Crippen molar-refractivity contribution in [2.24, 2.45) is 0 Å². The van der Waals surface area contributed by atoms with E-state index in [1.54, 1.807) is 24.3 Å². The fraction of sp³-hybridized carbons (Fsp3) is 0.118. The van der Waals surface area contributed by atoms with Gasteiger partial charge < -0.3 is 5.11 Å². The largest absolute Gasteiger partial charge is 0.385 e. The summed E-state index contributed by atoms with van der Waals surface area (Å²) in [6.07, 6.45) is -0.798. The first-order valence-corrected chi connectivity index (χ1v) is 6.19. The van der Waals surface area contributed by atoms with Gasteiger partial charge in [-0.3, -0.25) is 4.79 Å². The SMILES string of the molecule is C=C(CC(O)C(=O)c1ccccc1)c1ccccc1. The predicted octanol–water partition coefficient (Wildman–Crippen LogP) is 3.33. The Kier molecular flexibility index (Phi) is 4.26. The van der Waals surface area contributed by atoms with E-state index < -0.39 is 6.10 Å². The maximum Gasteiger partial charge on any atom is 0.191 e. The minimum absolute atomic E-state index is 0.248. The molecule has 2 heteroatoms. The van der Waals surface area contributed by atoms with Crippen molar-refractivity contribution in [1.29, 1.82) is 0 Å². The topological polar surface area (TPSA) is 37.3 Å². The molecule has 2 nitrogen and oxygen atoms in total. The Balaban J connectivity index is 2.04. The third-order valence-corrected chi connectivity index (χ3v) is 2.98. The molecule has 19 heavy (non-hydrogen) atoms. The van der Waals surface area contributed by atoms with Crippen LogP contribution in [0, 0.1) is 0 Å². The summed E-state index contributed by atoms with van der Waals surface area (Å²) in [5.41, 5.74) is 2.23. The molecule has 2 rings (SSSR count). The Morgan fingerprint density at radius 2 is 1.42 bits per heavy atom. The molecule has 2 aromatic rings. The minimum atomic E-state index is -1.05. The van der Waals surface area contributed by atoms with Crippen LogP contribution in [0.4, 0.5) is 0 Å². The number of benzene rings is 2. The summed E-state index contributed by atoms with van der Waals surface area (Å²) < 4.78 is 0. The smallest absolute Gasteiger partial charge is 0.191 e. The Bertz CT molecular complexity index is 558. The van der Waals surface area contributed by atoms with Crippen LogP contribution in [0.25, 0.3) is 5.57 Å². The third-order valence-electron chi connectivity index (χ3n) is 2.98. The number of ketones is 1. The van der Waals surface area contributed by atoms with Crippen LogP contribution in [0.1, 0.15) is 22.3 Å². The molecule has 0 aromatic heterocycles. The van der Waals surface area contributed by atoms with E-state index in [0.717, 1.165) is 11.1 Å². The highest BCUT2D eigenvalue weighted by atomic mass is 16.3. The summed E-state index contributed by atoms with van der Waals surface area (Å²) >= 11 is 0. The molecule has 1 N–H and O–H groups in total. The van der Waals surface area contributed by atoms with Crippen molar-refractivity contribution < 1.29 is 9.90 Å². The second-order valence-corrected chi connectivity index (χ2v) is 4.42. The van der Waals surface area contributed by atoms with Crippen LogP contribution in [0.3, 0.4) is 0 Å². The van der Waals surface area contributed by atoms with E-state index in [1.807, 2.05) is 36.4 Å². The summed E-state index contributed by atoms with van der Waals surface area (Å²) in [6.45, 7) is 3.93. The molecule has 0 radical (unpaired) electrons. The number of hydrogen-bond acceptors (Lipinski definition) is 2. The summed E-state index contributed by atoms with van der Waals surface area (Å²) in [4.78, 5) is 12.0. The molecule has 0 aliphatic heterocycles. The Hall–Kier alpha value is -2.19. The van der Waals surface area contributed by atoms with Gasteiger partial charge in [-0.15, -0.1) is 0 Å². The van der Waals surface area contributed by atoms with Gasteiger partial charge in [0, 0.05) is 12.0 Å². The standard InChI is InChI=1S/C17H16O2/c1-13(14-8-4-2-5-9-14)12-16(18)17(19)15-10-6-3-7-11-15/h2-11,16,18H,1,12H2. The molecule has 1 atom stereocenters. The average molecular weight is 252 g/mol. The molecule has 0 spiro atoms. The molecule has 0 saturated carbocycles. The zero-order valence-corrected chi connectivity index (χ0v) is 10.6. The number of Topliss-reactive ketones (excluding diaryl/α,β-unsaturated/α-hetero) is 1. The van der Waals surface area contributed by atoms with Crippen molar-refractivity contribution in [2.75, 3.05) is 0 Å². The molecular weight excluding hydrogens is 236 g/mol. The lowest BCUT2D eigenvalue weighted by Crippen LogP contribution is -2.20. The van der Waals surface area contributed by atoms with Crippen molar-refractivity contribution in [1.82, 2.24) is 0 Å². The van der Waals surface area contributed by atoms with Gasteiger partial charge in [-0.25, -0.2) is 0 Å². The monoisotopic (exact) mass is 252 g/mol. The van der Waals surface area contributed by atoms with Gasteiger partial charge in [-0.2, -0.15) is 0 Å². The van der Waals surface area contributed by atoms with Crippen molar-refractivity contribution in [3.8, 4) is 0 Å². The summed E-state index contributed by atoms with van der Waals surface area (Å²) in [5.74, 6) is -0.266. The molecule has 0 aliphatic carbocycles. The quantitative estimate of drug-likeness (QED) is 0.829. The normalized spacial score (nSPS) is 11.8. The third kappa shape index (κ3) is 3.39. The van der Waals surface area contributed by atoms with Crippen LogP contribution in [-0.2, 0) is 0 Å². The number of rotatable bonds is 5. The van der Waals surface area contributed by atoms with Crippen LogP contribution in [0.2, 0.25) is 0 Å². The molecule has 0 aliphatic rings. The first kappa shape index (κ1) is 13.2. The molecule has 0 amide bonds. The Morgan fingerprint density at radius 3 is 1.95 bits per heavy atom.